The van der Waals surface area contributed by atoms with Crippen LogP contribution in [-0.4, -0.2) is 17.3 Å². The van der Waals surface area contributed by atoms with Crippen LogP contribution in [0.1, 0.15) is 30.6 Å². The highest BCUT2D eigenvalue weighted by Gasteiger charge is 2.11. The first kappa shape index (κ1) is 14.9. The minimum atomic E-state index is 0.0470. The maximum absolute atomic E-state index is 11.9. The Hall–Kier alpha value is -0.180. The van der Waals surface area contributed by atoms with E-state index in [0.717, 1.165) is 12.2 Å². The summed E-state index contributed by atoms with van der Waals surface area (Å²) in [4.78, 5) is 11.9. The van der Waals surface area contributed by atoms with Crippen LogP contribution in [0.25, 0.3) is 0 Å². The zero-order valence-electron chi connectivity index (χ0n) is 10.0. The van der Waals surface area contributed by atoms with Crippen LogP contribution in [-0.2, 0) is 0 Å². The Morgan fingerprint density at radius 3 is 2.76 bits per heavy atom. The van der Waals surface area contributed by atoms with Crippen molar-refractivity contribution in [3.8, 4) is 0 Å². The molecule has 0 aliphatic carbocycles. The number of halogens is 2. The van der Waals surface area contributed by atoms with Gasteiger partial charge in [-0.3, -0.25) is 4.79 Å². The molecule has 0 aliphatic rings. The van der Waals surface area contributed by atoms with Gasteiger partial charge in [-0.05, 0) is 29.9 Å². The van der Waals surface area contributed by atoms with Crippen molar-refractivity contribution in [3.05, 3.63) is 33.8 Å². The summed E-state index contributed by atoms with van der Waals surface area (Å²) in [6, 6.07) is 4.99. The highest BCUT2D eigenvalue weighted by Crippen LogP contribution is 2.22. The maximum atomic E-state index is 11.9. The summed E-state index contributed by atoms with van der Waals surface area (Å²) in [6.07, 6.45) is 1.14. The van der Waals surface area contributed by atoms with Gasteiger partial charge in [-0.1, -0.05) is 43.5 Å². The number of rotatable bonds is 6. The molecule has 0 amide bonds. The maximum Gasteiger partial charge on any atom is 0.174 e. The van der Waals surface area contributed by atoms with Crippen LogP contribution in [0.4, 0.5) is 0 Å². The lowest BCUT2D eigenvalue weighted by atomic mass is 10.1. The van der Waals surface area contributed by atoms with E-state index in [0.29, 0.717) is 27.3 Å². The first-order valence-corrected chi connectivity index (χ1v) is 7.51. The van der Waals surface area contributed by atoms with Crippen molar-refractivity contribution in [2.45, 2.75) is 20.3 Å². The number of carbonyl (C=O) groups excluding carboxylic acids is 1. The molecule has 0 saturated heterocycles. The summed E-state index contributed by atoms with van der Waals surface area (Å²) in [5, 5.41) is 1.02. The monoisotopic (exact) mass is 290 g/mol. The average Bonchev–Trinajstić information content (AvgIpc) is 2.31. The Morgan fingerprint density at radius 2 is 2.12 bits per heavy atom. The van der Waals surface area contributed by atoms with Crippen LogP contribution < -0.4 is 0 Å². The summed E-state index contributed by atoms with van der Waals surface area (Å²) in [5.41, 5.74) is 0.524. The van der Waals surface area contributed by atoms with Gasteiger partial charge < -0.3 is 0 Å². The molecule has 1 atom stereocenters. The van der Waals surface area contributed by atoms with Gasteiger partial charge in [-0.15, -0.1) is 0 Å². The number of hydrogen-bond donors (Lipinski definition) is 0. The van der Waals surface area contributed by atoms with Gasteiger partial charge in [0, 0.05) is 10.6 Å². The van der Waals surface area contributed by atoms with E-state index < -0.39 is 0 Å². The standard InChI is InChI=1S/C13H16Cl2OS/c1-3-9(2)7-17-8-13(16)11-6-10(14)4-5-12(11)15/h4-6,9H,3,7-8H2,1-2H3. The van der Waals surface area contributed by atoms with Crippen molar-refractivity contribution >= 4 is 40.7 Å². The second-order valence-electron chi connectivity index (χ2n) is 4.08. The zero-order chi connectivity index (χ0) is 12.8. The quantitative estimate of drug-likeness (QED) is 0.689. The highest BCUT2D eigenvalue weighted by atomic mass is 35.5. The third-order valence-electron chi connectivity index (χ3n) is 2.56. The second kappa shape index (κ2) is 7.30. The van der Waals surface area contributed by atoms with E-state index >= 15 is 0 Å². The lowest BCUT2D eigenvalue weighted by molar-refractivity contribution is 0.102. The highest BCUT2D eigenvalue weighted by molar-refractivity contribution is 7.99. The molecule has 1 unspecified atom stereocenters. The Morgan fingerprint density at radius 1 is 1.41 bits per heavy atom. The van der Waals surface area contributed by atoms with Gasteiger partial charge >= 0.3 is 0 Å². The van der Waals surface area contributed by atoms with Crippen molar-refractivity contribution in [2.75, 3.05) is 11.5 Å². The Balaban J connectivity index is 2.55. The van der Waals surface area contributed by atoms with E-state index in [4.69, 9.17) is 23.2 Å². The number of hydrogen-bond acceptors (Lipinski definition) is 2. The van der Waals surface area contributed by atoms with Gasteiger partial charge in [0.05, 0.1) is 10.8 Å². The van der Waals surface area contributed by atoms with E-state index in [2.05, 4.69) is 13.8 Å². The van der Waals surface area contributed by atoms with Crippen LogP contribution >= 0.6 is 35.0 Å². The smallest absolute Gasteiger partial charge is 0.174 e. The molecular formula is C13H16Cl2OS. The van der Waals surface area contributed by atoms with Crippen LogP contribution in [0.3, 0.4) is 0 Å². The largest absolute Gasteiger partial charge is 0.293 e. The van der Waals surface area contributed by atoms with E-state index in [1.54, 1.807) is 30.0 Å². The first-order valence-electron chi connectivity index (χ1n) is 5.60. The summed E-state index contributed by atoms with van der Waals surface area (Å²) in [7, 11) is 0. The SMILES string of the molecule is CCC(C)CSCC(=O)c1cc(Cl)ccc1Cl. The third-order valence-corrected chi connectivity index (χ3v) is 4.40. The van der Waals surface area contributed by atoms with Crippen LogP contribution in [0.5, 0.6) is 0 Å². The molecule has 1 rings (SSSR count). The predicted molar refractivity (Wildman–Crippen MR) is 77.6 cm³/mol. The summed E-state index contributed by atoms with van der Waals surface area (Å²) in [5.74, 6) is 2.15. The van der Waals surface area contributed by atoms with Gasteiger partial charge in [0.25, 0.3) is 0 Å². The Bertz CT molecular complexity index is 393. The first-order chi connectivity index (χ1) is 8.04. The number of ketones is 1. The fourth-order valence-electron chi connectivity index (χ4n) is 1.26. The summed E-state index contributed by atoms with van der Waals surface area (Å²) in [6.45, 7) is 4.34. The van der Waals surface area contributed by atoms with Gasteiger partial charge in [0.15, 0.2) is 5.78 Å². The molecule has 0 N–H and O–H groups in total. The molecular weight excluding hydrogens is 275 g/mol. The number of carbonyl (C=O) groups is 1. The third kappa shape index (κ3) is 4.90. The molecule has 0 bridgehead atoms. The number of thioether (sulfide) groups is 1. The Kier molecular flexibility index (Phi) is 6.39. The fraction of sp³-hybridized carbons (Fsp3) is 0.462. The zero-order valence-corrected chi connectivity index (χ0v) is 12.3. The molecule has 0 saturated carbocycles. The molecule has 17 heavy (non-hydrogen) atoms. The molecule has 0 fully saturated rings. The van der Waals surface area contributed by atoms with Gasteiger partial charge in [0.2, 0.25) is 0 Å². The predicted octanol–water partition coefficient (Wildman–Crippen LogP) is 4.96. The topological polar surface area (TPSA) is 17.1 Å². The molecule has 94 valence electrons. The molecule has 4 heteroatoms. The Labute approximate surface area is 117 Å². The average molecular weight is 291 g/mol. The summed E-state index contributed by atoms with van der Waals surface area (Å²) < 4.78 is 0. The number of Topliss-reactive ketones (excluding diaryl/α,β-unsaturated/α-hetero) is 1. The van der Waals surface area contributed by atoms with Gasteiger partial charge in [0.1, 0.15) is 0 Å². The second-order valence-corrected chi connectivity index (χ2v) is 5.95. The number of benzene rings is 1. The van der Waals surface area contributed by atoms with Crippen LogP contribution in [0.15, 0.2) is 18.2 Å². The molecule has 1 aromatic carbocycles. The van der Waals surface area contributed by atoms with Crippen molar-refractivity contribution in [1.82, 2.24) is 0 Å². The van der Waals surface area contributed by atoms with Gasteiger partial charge in [-0.2, -0.15) is 11.8 Å². The van der Waals surface area contributed by atoms with Gasteiger partial charge in [-0.25, -0.2) is 0 Å². The summed E-state index contributed by atoms with van der Waals surface area (Å²) >= 11 is 13.5. The fourth-order valence-corrected chi connectivity index (χ4v) is 2.75. The normalized spacial score (nSPS) is 12.5. The minimum Gasteiger partial charge on any atom is -0.293 e. The molecule has 0 aliphatic heterocycles. The molecule has 1 aromatic rings. The molecule has 0 spiro atoms. The van der Waals surface area contributed by atoms with E-state index in [-0.39, 0.29) is 5.78 Å². The van der Waals surface area contributed by atoms with Crippen molar-refractivity contribution in [3.63, 3.8) is 0 Å². The van der Waals surface area contributed by atoms with Crippen molar-refractivity contribution in [1.29, 1.82) is 0 Å². The van der Waals surface area contributed by atoms with E-state index in [9.17, 15) is 4.79 Å². The van der Waals surface area contributed by atoms with Crippen LogP contribution in [0, 0.1) is 5.92 Å². The van der Waals surface area contributed by atoms with Crippen molar-refractivity contribution in [2.24, 2.45) is 5.92 Å². The molecule has 0 heterocycles. The molecule has 0 aromatic heterocycles. The van der Waals surface area contributed by atoms with E-state index in [1.807, 2.05) is 0 Å². The van der Waals surface area contributed by atoms with E-state index in [1.165, 1.54) is 0 Å². The van der Waals surface area contributed by atoms with Crippen molar-refractivity contribution < 1.29 is 4.79 Å². The lowest BCUT2D eigenvalue weighted by Crippen LogP contribution is -2.06. The lowest BCUT2D eigenvalue weighted by Gasteiger charge is -2.08. The minimum absolute atomic E-state index is 0.0470. The molecule has 1 nitrogen and oxygen atoms in total. The van der Waals surface area contributed by atoms with Crippen LogP contribution in [0.2, 0.25) is 10.0 Å². The molecule has 0 radical (unpaired) electrons.